The summed E-state index contributed by atoms with van der Waals surface area (Å²) < 4.78 is 0.274. The summed E-state index contributed by atoms with van der Waals surface area (Å²) >= 11 is 3.50. The first kappa shape index (κ1) is 12.0. The van der Waals surface area contributed by atoms with Crippen LogP contribution in [0.4, 0.5) is 0 Å². The average Bonchev–Trinajstić information content (AvgIpc) is 2.47. The molecule has 0 aliphatic heterocycles. The number of thiazole rings is 1. The van der Waals surface area contributed by atoms with E-state index in [0.29, 0.717) is 0 Å². The van der Waals surface area contributed by atoms with Gasteiger partial charge in [-0.05, 0) is 6.92 Å². The van der Waals surface area contributed by atoms with Crippen LogP contribution in [-0.2, 0) is 5.75 Å². The fourth-order valence-corrected chi connectivity index (χ4v) is 2.60. The number of nitrogens with zero attached hydrogens (tertiary/aromatic N) is 1. The zero-order valence-corrected chi connectivity index (χ0v) is 10.7. The SMILES string of the molecule is CC(O)c1csc(CSC(C)(C)C)n1. The Morgan fingerprint density at radius 3 is 2.64 bits per heavy atom. The molecule has 0 aliphatic carbocycles. The first-order chi connectivity index (χ1) is 6.38. The second-order valence-electron chi connectivity index (χ2n) is 4.24. The first-order valence-electron chi connectivity index (χ1n) is 4.65. The van der Waals surface area contributed by atoms with Gasteiger partial charge in [-0.25, -0.2) is 4.98 Å². The van der Waals surface area contributed by atoms with E-state index in [1.165, 1.54) is 0 Å². The van der Waals surface area contributed by atoms with E-state index in [0.717, 1.165) is 16.5 Å². The minimum Gasteiger partial charge on any atom is -0.387 e. The van der Waals surface area contributed by atoms with Crippen molar-refractivity contribution in [3.8, 4) is 0 Å². The van der Waals surface area contributed by atoms with Crippen LogP contribution in [0, 0.1) is 0 Å². The lowest BCUT2D eigenvalue weighted by Crippen LogP contribution is -2.07. The van der Waals surface area contributed by atoms with Gasteiger partial charge in [0.2, 0.25) is 0 Å². The average molecular weight is 231 g/mol. The van der Waals surface area contributed by atoms with E-state index < -0.39 is 6.10 Å². The molecule has 0 bridgehead atoms. The lowest BCUT2D eigenvalue weighted by Gasteiger charge is -2.16. The Hall–Kier alpha value is -0.0600. The van der Waals surface area contributed by atoms with Crippen LogP contribution in [0.3, 0.4) is 0 Å². The van der Waals surface area contributed by atoms with Crippen molar-refractivity contribution in [2.45, 2.75) is 44.3 Å². The van der Waals surface area contributed by atoms with E-state index in [9.17, 15) is 5.11 Å². The summed E-state index contributed by atoms with van der Waals surface area (Å²) in [6, 6.07) is 0. The fourth-order valence-electron chi connectivity index (χ4n) is 0.862. The maximum absolute atomic E-state index is 9.30. The van der Waals surface area contributed by atoms with Gasteiger partial charge < -0.3 is 5.11 Å². The highest BCUT2D eigenvalue weighted by Gasteiger charge is 2.13. The third-order valence-corrected chi connectivity index (χ3v) is 3.96. The highest BCUT2D eigenvalue weighted by molar-refractivity contribution is 7.99. The molecule has 4 heteroatoms. The minimum atomic E-state index is -0.445. The molecule has 1 aromatic rings. The van der Waals surface area contributed by atoms with Crippen molar-refractivity contribution in [1.82, 2.24) is 4.98 Å². The highest BCUT2D eigenvalue weighted by atomic mass is 32.2. The van der Waals surface area contributed by atoms with Crippen molar-refractivity contribution >= 4 is 23.1 Å². The van der Waals surface area contributed by atoms with E-state index in [1.807, 2.05) is 17.1 Å². The molecule has 14 heavy (non-hydrogen) atoms. The van der Waals surface area contributed by atoms with Crippen LogP contribution in [-0.4, -0.2) is 14.8 Å². The Balaban J connectivity index is 2.52. The van der Waals surface area contributed by atoms with Gasteiger partial charge in [-0.2, -0.15) is 0 Å². The number of aromatic nitrogens is 1. The van der Waals surface area contributed by atoms with Crippen molar-refractivity contribution in [3.05, 3.63) is 16.1 Å². The number of thioether (sulfide) groups is 1. The molecular weight excluding hydrogens is 214 g/mol. The zero-order valence-electron chi connectivity index (χ0n) is 9.07. The van der Waals surface area contributed by atoms with Gasteiger partial charge in [-0.15, -0.1) is 23.1 Å². The van der Waals surface area contributed by atoms with Crippen LogP contribution in [0.15, 0.2) is 5.38 Å². The van der Waals surface area contributed by atoms with E-state index in [2.05, 4.69) is 25.8 Å². The molecule has 0 spiro atoms. The van der Waals surface area contributed by atoms with Crippen LogP contribution >= 0.6 is 23.1 Å². The normalized spacial score (nSPS) is 14.4. The number of hydrogen-bond donors (Lipinski definition) is 1. The number of rotatable bonds is 3. The standard InChI is InChI=1S/C10H17NOS2/c1-7(12)8-5-13-9(11-8)6-14-10(2,3)4/h5,7,12H,6H2,1-4H3. The van der Waals surface area contributed by atoms with Crippen LogP contribution < -0.4 is 0 Å². The lowest BCUT2D eigenvalue weighted by atomic mass is 10.3. The summed E-state index contributed by atoms with van der Waals surface area (Å²) in [5.74, 6) is 0.931. The predicted molar refractivity (Wildman–Crippen MR) is 63.8 cm³/mol. The minimum absolute atomic E-state index is 0.274. The molecule has 1 N–H and O–H groups in total. The Morgan fingerprint density at radius 2 is 2.21 bits per heavy atom. The van der Waals surface area contributed by atoms with Crippen molar-refractivity contribution in [3.63, 3.8) is 0 Å². The molecule has 0 saturated heterocycles. The number of hydrogen-bond acceptors (Lipinski definition) is 4. The highest BCUT2D eigenvalue weighted by Crippen LogP contribution is 2.29. The molecule has 80 valence electrons. The summed E-state index contributed by atoms with van der Waals surface area (Å²) in [5, 5.41) is 12.3. The third kappa shape index (κ3) is 3.98. The zero-order chi connectivity index (χ0) is 10.8. The molecule has 1 aromatic heterocycles. The van der Waals surface area contributed by atoms with E-state index >= 15 is 0 Å². The second kappa shape index (κ2) is 4.64. The van der Waals surface area contributed by atoms with E-state index in [1.54, 1.807) is 18.3 Å². The topological polar surface area (TPSA) is 33.1 Å². The van der Waals surface area contributed by atoms with Crippen molar-refractivity contribution in [1.29, 1.82) is 0 Å². The Labute approximate surface area is 93.8 Å². The van der Waals surface area contributed by atoms with Gasteiger partial charge in [0.15, 0.2) is 0 Å². The monoisotopic (exact) mass is 231 g/mol. The summed E-state index contributed by atoms with van der Waals surface area (Å²) in [4.78, 5) is 4.36. The van der Waals surface area contributed by atoms with Gasteiger partial charge in [0.05, 0.1) is 11.8 Å². The summed E-state index contributed by atoms with van der Waals surface area (Å²) in [6.07, 6.45) is -0.445. The molecule has 1 unspecified atom stereocenters. The van der Waals surface area contributed by atoms with Gasteiger partial charge in [0.25, 0.3) is 0 Å². The molecule has 0 saturated carbocycles. The van der Waals surface area contributed by atoms with Gasteiger partial charge in [0.1, 0.15) is 5.01 Å². The smallest absolute Gasteiger partial charge is 0.103 e. The van der Waals surface area contributed by atoms with Crippen molar-refractivity contribution in [2.75, 3.05) is 0 Å². The van der Waals surface area contributed by atoms with Crippen LogP contribution in [0.1, 0.15) is 44.5 Å². The molecule has 0 amide bonds. The maximum Gasteiger partial charge on any atom is 0.103 e. The third-order valence-electron chi connectivity index (χ3n) is 1.63. The van der Waals surface area contributed by atoms with Crippen LogP contribution in [0.2, 0.25) is 0 Å². The molecule has 1 atom stereocenters. The summed E-state index contributed by atoms with van der Waals surface area (Å²) in [6.45, 7) is 8.33. The fraction of sp³-hybridized carbons (Fsp3) is 0.700. The second-order valence-corrected chi connectivity index (χ2v) is 6.99. The van der Waals surface area contributed by atoms with Crippen molar-refractivity contribution < 1.29 is 5.11 Å². The summed E-state index contributed by atoms with van der Waals surface area (Å²) in [5.41, 5.74) is 0.791. The molecule has 1 rings (SSSR count). The number of aliphatic hydroxyl groups excluding tert-OH is 1. The molecule has 0 radical (unpaired) electrons. The van der Waals surface area contributed by atoms with E-state index in [-0.39, 0.29) is 4.75 Å². The van der Waals surface area contributed by atoms with Crippen LogP contribution in [0.25, 0.3) is 0 Å². The quantitative estimate of drug-likeness (QED) is 0.867. The van der Waals surface area contributed by atoms with Gasteiger partial charge in [-0.1, -0.05) is 20.8 Å². The Kier molecular flexibility index (Phi) is 3.98. The predicted octanol–water partition coefficient (Wildman–Crippen LogP) is 3.23. The number of aliphatic hydroxyl groups is 1. The maximum atomic E-state index is 9.30. The molecule has 0 aliphatic rings. The molecule has 0 aromatic carbocycles. The van der Waals surface area contributed by atoms with Gasteiger partial charge in [-0.3, -0.25) is 0 Å². The van der Waals surface area contributed by atoms with E-state index in [4.69, 9.17) is 0 Å². The Morgan fingerprint density at radius 1 is 1.57 bits per heavy atom. The lowest BCUT2D eigenvalue weighted by molar-refractivity contribution is 0.195. The summed E-state index contributed by atoms with van der Waals surface area (Å²) in [7, 11) is 0. The molecular formula is C10H17NOS2. The first-order valence-corrected chi connectivity index (χ1v) is 6.51. The molecule has 2 nitrogen and oxygen atoms in total. The van der Waals surface area contributed by atoms with Crippen molar-refractivity contribution in [2.24, 2.45) is 0 Å². The Bertz CT molecular complexity index is 289. The van der Waals surface area contributed by atoms with Gasteiger partial charge in [0, 0.05) is 15.9 Å². The molecule has 1 heterocycles. The van der Waals surface area contributed by atoms with Crippen LogP contribution in [0.5, 0.6) is 0 Å². The largest absolute Gasteiger partial charge is 0.387 e. The molecule has 0 fully saturated rings. The van der Waals surface area contributed by atoms with Gasteiger partial charge >= 0.3 is 0 Å².